The molecule has 4 rings (SSSR count). The second-order valence-corrected chi connectivity index (χ2v) is 9.46. The van der Waals surface area contributed by atoms with Crippen molar-refractivity contribution in [1.29, 1.82) is 0 Å². The third-order valence-corrected chi connectivity index (χ3v) is 7.75. The Morgan fingerprint density at radius 1 is 1.41 bits per heavy atom. The minimum Gasteiger partial charge on any atom is -0.465 e. The van der Waals surface area contributed by atoms with Gasteiger partial charge in [-0.1, -0.05) is 32.1 Å². The van der Waals surface area contributed by atoms with E-state index in [9.17, 15) is 9.59 Å². The van der Waals surface area contributed by atoms with Gasteiger partial charge in [0.2, 0.25) is 0 Å². The predicted octanol–water partition coefficient (Wildman–Crippen LogP) is 3.44. The maximum Gasteiger partial charge on any atom is 0.316 e. The van der Waals surface area contributed by atoms with Gasteiger partial charge in [-0.05, 0) is 49.0 Å². The third-order valence-electron chi connectivity index (χ3n) is 7.75. The van der Waals surface area contributed by atoms with Gasteiger partial charge < -0.3 is 19.0 Å². The number of hydrogen-bond donors (Lipinski definition) is 0. The minimum absolute atomic E-state index is 0.113. The molecule has 5 nitrogen and oxygen atoms in total. The zero-order valence-electron chi connectivity index (χ0n) is 16.6. The zero-order chi connectivity index (χ0) is 19.4. The van der Waals surface area contributed by atoms with Crippen molar-refractivity contribution in [2.24, 2.45) is 28.1 Å². The number of carbonyl (C=O) groups is 2. The molecule has 1 aliphatic heterocycles. The molecule has 3 fully saturated rings. The maximum atomic E-state index is 13.2. The molecule has 0 aromatic carbocycles. The van der Waals surface area contributed by atoms with Gasteiger partial charge in [0.05, 0.1) is 23.5 Å². The fourth-order valence-corrected chi connectivity index (χ4v) is 6.34. The van der Waals surface area contributed by atoms with E-state index in [1.807, 2.05) is 0 Å². The van der Waals surface area contributed by atoms with Crippen LogP contribution in [-0.4, -0.2) is 38.9 Å². The molecule has 27 heavy (non-hydrogen) atoms. The fraction of sp³-hybridized carbons (Fsp3) is 0.727. The molecule has 1 spiro atoms. The first-order valence-electron chi connectivity index (χ1n) is 9.94. The summed E-state index contributed by atoms with van der Waals surface area (Å²) < 4.78 is 17.1. The maximum absolute atomic E-state index is 13.2. The van der Waals surface area contributed by atoms with E-state index in [0.717, 1.165) is 36.7 Å². The molecule has 3 aliphatic carbocycles. The molecule has 0 unspecified atom stereocenters. The molecule has 4 aliphatic rings. The number of esters is 1. The average Bonchev–Trinajstić information content (AvgIpc) is 2.83. The number of methoxy groups -OCH3 is 1. The number of carbonyl (C=O) groups excluding carboxylic acids is 2. The summed E-state index contributed by atoms with van der Waals surface area (Å²) in [7, 11) is 1.59. The Hall–Kier alpha value is -1.46. The van der Waals surface area contributed by atoms with Crippen molar-refractivity contribution in [2.45, 2.75) is 52.1 Å². The molecular formula is C22H30O5. The molecule has 148 valence electrons. The van der Waals surface area contributed by atoms with Gasteiger partial charge in [0, 0.05) is 13.0 Å². The summed E-state index contributed by atoms with van der Waals surface area (Å²) in [6.07, 6.45) is 6.70. The SMILES string of the molecule is C=C1C[C@]23C[C@H]1CC=C2[C@]1(C=O)[C@@H](OCOC)CCC(C)(C)[C@H]1COC3=O. The first-order chi connectivity index (χ1) is 12.8. The van der Waals surface area contributed by atoms with Crippen molar-refractivity contribution < 1.29 is 23.8 Å². The lowest BCUT2D eigenvalue weighted by Gasteiger charge is -2.55. The van der Waals surface area contributed by atoms with Crippen LogP contribution in [0, 0.1) is 28.1 Å². The van der Waals surface area contributed by atoms with E-state index in [1.165, 1.54) is 0 Å². The summed E-state index contributed by atoms with van der Waals surface area (Å²) >= 11 is 0. The van der Waals surface area contributed by atoms with Crippen LogP contribution < -0.4 is 0 Å². The molecule has 2 bridgehead atoms. The van der Waals surface area contributed by atoms with Crippen molar-refractivity contribution in [1.82, 2.24) is 0 Å². The highest BCUT2D eigenvalue weighted by Crippen LogP contribution is 2.66. The standard InChI is InChI=1S/C22H30O5/c1-14-9-21-10-15(14)5-6-16(21)22(12-23)17(11-26-19(21)24)20(2,3)8-7-18(22)27-13-25-4/h6,12,15,17-18H,1,5,7-11,13H2,2-4H3/t15-,17-,18+,21+,22+/m1/s1. The average molecular weight is 374 g/mol. The van der Waals surface area contributed by atoms with Crippen LogP contribution in [0.2, 0.25) is 0 Å². The minimum atomic E-state index is -0.859. The molecule has 0 N–H and O–H groups in total. The summed E-state index contributed by atoms with van der Waals surface area (Å²) in [5, 5.41) is 0. The number of allylic oxidation sites excluding steroid dienone is 2. The number of aldehydes is 1. The Bertz CT molecular complexity index is 707. The van der Waals surface area contributed by atoms with Crippen molar-refractivity contribution in [2.75, 3.05) is 20.5 Å². The van der Waals surface area contributed by atoms with Crippen LogP contribution in [0.25, 0.3) is 0 Å². The van der Waals surface area contributed by atoms with E-state index >= 15 is 0 Å². The highest BCUT2D eigenvalue weighted by Gasteiger charge is 2.67. The van der Waals surface area contributed by atoms with Gasteiger partial charge in [0.1, 0.15) is 13.1 Å². The fourth-order valence-electron chi connectivity index (χ4n) is 6.34. The highest BCUT2D eigenvalue weighted by molar-refractivity contribution is 5.87. The lowest BCUT2D eigenvalue weighted by molar-refractivity contribution is -0.173. The molecule has 5 heteroatoms. The lowest BCUT2D eigenvalue weighted by Crippen LogP contribution is -2.58. The van der Waals surface area contributed by atoms with E-state index < -0.39 is 10.8 Å². The molecule has 0 radical (unpaired) electrons. The quantitative estimate of drug-likeness (QED) is 0.326. The number of cyclic esters (lactones) is 1. The third kappa shape index (κ3) is 2.44. The number of rotatable bonds is 4. The van der Waals surface area contributed by atoms with Crippen LogP contribution in [0.3, 0.4) is 0 Å². The normalized spacial score (nSPS) is 42.5. The smallest absolute Gasteiger partial charge is 0.316 e. The molecule has 0 aromatic rings. The van der Waals surface area contributed by atoms with Crippen molar-refractivity contribution in [3.63, 3.8) is 0 Å². The van der Waals surface area contributed by atoms with E-state index in [-0.39, 0.29) is 36.8 Å². The Morgan fingerprint density at radius 2 is 2.19 bits per heavy atom. The summed E-state index contributed by atoms with van der Waals surface area (Å²) in [4.78, 5) is 26.1. The summed E-state index contributed by atoms with van der Waals surface area (Å²) in [5.74, 6) is 0.00334. The Kier molecular flexibility index (Phi) is 4.39. The van der Waals surface area contributed by atoms with Crippen LogP contribution in [0.4, 0.5) is 0 Å². The number of fused-ring (bicyclic) bond motifs is 3. The van der Waals surface area contributed by atoms with Gasteiger partial charge in [0.25, 0.3) is 0 Å². The summed E-state index contributed by atoms with van der Waals surface area (Å²) in [5.41, 5.74) is 0.288. The second-order valence-electron chi connectivity index (χ2n) is 9.46. The zero-order valence-corrected chi connectivity index (χ0v) is 16.6. The van der Waals surface area contributed by atoms with E-state index in [1.54, 1.807) is 7.11 Å². The van der Waals surface area contributed by atoms with Crippen LogP contribution in [0.15, 0.2) is 23.8 Å². The van der Waals surface area contributed by atoms with Crippen LogP contribution in [-0.2, 0) is 23.8 Å². The summed E-state index contributed by atoms with van der Waals surface area (Å²) in [6, 6.07) is 0. The molecule has 1 heterocycles. The first kappa shape index (κ1) is 18.9. The van der Waals surface area contributed by atoms with Crippen molar-refractivity contribution in [3.8, 4) is 0 Å². The molecule has 1 saturated heterocycles. The van der Waals surface area contributed by atoms with E-state index in [4.69, 9.17) is 14.2 Å². The summed E-state index contributed by atoms with van der Waals surface area (Å²) in [6.45, 7) is 8.96. The molecule has 5 atom stereocenters. The molecule has 2 saturated carbocycles. The number of hydrogen-bond acceptors (Lipinski definition) is 5. The van der Waals surface area contributed by atoms with Gasteiger partial charge >= 0.3 is 5.97 Å². The Balaban J connectivity index is 1.91. The first-order valence-corrected chi connectivity index (χ1v) is 9.94. The van der Waals surface area contributed by atoms with Crippen molar-refractivity contribution in [3.05, 3.63) is 23.8 Å². The number of ether oxygens (including phenoxy) is 3. The van der Waals surface area contributed by atoms with Crippen LogP contribution >= 0.6 is 0 Å². The van der Waals surface area contributed by atoms with Gasteiger partial charge in [-0.25, -0.2) is 0 Å². The van der Waals surface area contributed by atoms with E-state index in [2.05, 4.69) is 26.5 Å². The lowest BCUT2D eigenvalue weighted by atomic mass is 9.49. The van der Waals surface area contributed by atoms with Crippen LogP contribution in [0.1, 0.15) is 46.0 Å². The largest absolute Gasteiger partial charge is 0.465 e. The molecule has 0 amide bonds. The Morgan fingerprint density at radius 3 is 2.89 bits per heavy atom. The van der Waals surface area contributed by atoms with Gasteiger partial charge in [-0.3, -0.25) is 4.79 Å². The molecular weight excluding hydrogens is 344 g/mol. The second kappa shape index (κ2) is 6.28. The monoisotopic (exact) mass is 374 g/mol. The van der Waals surface area contributed by atoms with Crippen LogP contribution in [0.5, 0.6) is 0 Å². The molecule has 0 aromatic heterocycles. The van der Waals surface area contributed by atoms with Gasteiger partial charge in [0.15, 0.2) is 0 Å². The van der Waals surface area contributed by atoms with E-state index in [0.29, 0.717) is 18.8 Å². The predicted molar refractivity (Wildman–Crippen MR) is 99.7 cm³/mol. The van der Waals surface area contributed by atoms with Gasteiger partial charge in [-0.15, -0.1) is 0 Å². The Labute approximate surface area is 161 Å². The topological polar surface area (TPSA) is 61.8 Å². The highest BCUT2D eigenvalue weighted by atomic mass is 16.7. The van der Waals surface area contributed by atoms with Crippen molar-refractivity contribution >= 4 is 12.3 Å². The van der Waals surface area contributed by atoms with Gasteiger partial charge in [-0.2, -0.15) is 0 Å².